The van der Waals surface area contributed by atoms with Gasteiger partial charge in [0.05, 0.1) is 3.79 Å². The summed E-state index contributed by atoms with van der Waals surface area (Å²) in [5.41, 5.74) is 0.201. The number of benzene rings is 1. The lowest BCUT2D eigenvalue weighted by Crippen LogP contribution is -2.00. The Balaban J connectivity index is 2.11. The topological polar surface area (TPSA) is 12.0 Å². The third-order valence-corrected chi connectivity index (χ3v) is 5.40. The third-order valence-electron chi connectivity index (χ3n) is 2.15. The van der Waals surface area contributed by atoms with Gasteiger partial charge < -0.3 is 5.32 Å². The molecule has 0 aliphatic carbocycles. The summed E-state index contributed by atoms with van der Waals surface area (Å²) in [4.78, 5) is 0.971. The van der Waals surface area contributed by atoms with Gasteiger partial charge in [-0.25, -0.2) is 13.2 Å². The molecule has 2 rings (SSSR count). The molecule has 1 N–H and O–H groups in total. The van der Waals surface area contributed by atoms with Crippen molar-refractivity contribution in [3.63, 3.8) is 0 Å². The lowest BCUT2D eigenvalue weighted by molar-refractivity contribution is 0.447. The van der Waals surface area contributed by atoms with E-state index in [-0.39, 0.29) is 5.69 Å². The first kappa shape index (κ1) is 13.9. The second-order valence-electron chi connectivity index (χ2n) is 3.44. The van der Waals surface area contributed by atoms with E-state index in [9.17, 15) is 13.2 Å². The second-order valence-corrected chi connectivity index (χ2v) is 6.75. The summed E-state index contributed by atoms with van der Waals surface area (Å²) >= 11 is 8.18. The SMILES string of the molecule is Fc1cc(NCc2cc(Br)c(Br)s2)cc(F)c1F. The Morgan fingerprint density at radius 1 is 1.06 bits per heavy atom. The van der Waals surface area contributed by atoms with Crippen LogP contribution >= 0.6 is 43.2 Å². The van der Waals surface area contributed by atoms with Gasteiger partial charge in [-0.1, -0.05) is 0 Å². The van der Waals surface area contributed by atoms with Crippen molar-refractivity contribution in [2.24, 2.45) is 0 Å². The second kappa shape index (κ2) is 5.63. The van der Waals surface area contributed by atoms with Gasteiger partial charge in [-0.15, -0.1) is 11.3 Å². The van der Waals surface area contributed by atoms with E-state index < -0.39 is 17.5 Å². The van der Waals surface area contributed by atoms with Gasteiger partial charge in [-0.3, -0.25) is 0 Å². The predicted molar refractivity (Wildman–Crippen MR) is 73.4 cm³/mol. The molecule has 1 aromatic carbocycles. The fraction of sp³-hybridized carbons (Fsp3) is 0.0909. The molecule has 0 amide bonds. The minimum Gasteiger partial charge on any atom is -0.380 e. The molecule has 7 heteroatoms. The largest absolute Gasteiger partial charge is 0.380 e. The molecular weight excluding hydrogens is 395 g/mol. The van der Waals surface area contributed by atoms with Crippen molar-refractivity contribution in [3.05, 3.63) is 48.8 Å². The van der Waals surface area contributed by atoms with Crippen molar-refractivity contribution >= 4 is 48.9 Å². The molecule has 0 aliphatic heterocycles. The van der Waals surface area contributed by atoms with Gasteiger partial charge in [0.2, 0.25) is 0 Å². The highest BCUT2D eigenvalue weighted by Crippen LogP contribution is 2.32. The average molecular weight is 401 g/mol. The van der Waals surface area contributed by atoms with Crippen molar-refractivity contribution in [2.45, 2.75) is 6.54 Å². The predicted octanol–water partition coefficient (Wildman–Crippen LogP) is 5.30. The van der Waals surface area contributed by atoms with Crippen molar-refractivity contribution in [1.82, 2.24) is 0 Å². The quantitative estimate of drug-likeness (QED) is 0.689. The number of thiophene rings is 1. The fourth-order valence-electron chi connectivity index (χ4n) is 1.33. The molecule has 1 aromatic heterocycles. The summed E-state index contributed by atoms with van der Waals surface area (Å²) < 4.78 is 40.5. The van der Waals surface area contributed by atoms with Crippen LogP contribution in [-0.2, 0) is 6.54 Å². The zero-order chi connectivity index (χ0) is 13.3. The van der Waals surface area contributed by atoms with Crippen LogP contribution in [0.5, 0.6) is 0 Å². The highest BCUT2D eigenvalue weighted by molar-refractivity contribution is 9.13. The molecule has 18 heavy (non-hydrogen) atoms. The van der Waals surface area contributed by atoms with E-state index in [1.165, 1.54) is 11.3 Å². The van der Waals surface area contributed by atoms with Gasteiger partial charge in [-0.05, 0) is 37.9 Å². The summed E-state index contributed by atoms with van der Waals surface area (Å²) in [5.74, 6) is -3.86. The number of hydrogen-bond donors (Lipinski definition) is 1. The maximum atomic E-state index is 13.0. The standard InChI is InChI=1S/C11H6Br2F3NS/c12-7-3-6(18-11(7)13)4-17-5-1-8(14)10(16)9(15)2-5/h1-3,17H,4H2. The summed E-state index contributed by atoms with van der Waals surface area (Å²) in [6, 6.07) is 3.74. The number of hydrogen-bond acceptors (Lipinski definition) is 2. The molecule has 0 radical (unpaired) electrons. The van der Waals surface area contributed by atoms with E-state index >= 15 is 0 Å². The highest BCUT2D eigenvalue weighted by Gasteiger charge is 2.10. The molecule has 0 aliphatic rings. The molecule has 1 heterocycles. The Labute approximate surface area is 122 Å². The molecule has 0 saturated heterocycles. The van der Waals surface area contributed by atoms with E-state index in [4.69, 9.17) is 0 Å². The monoisotopic (exact) mass is 399 g/mol. The third kappa shape index (κ3) is 3.07. The van der Waals surface area contributed by atoms with Gasteiger partial charge in [0.25, 0.3) is 0 Å². The first-order valence-corrected chi connectivity index (χ1v) is 7.19. The molecule has 0 unspecified atom stereocenters. The van der Waals surface area contributed by atoms with Crippen LogP contribution in [-0.4, -0.2) is 0 Å². The van der Waals surface area contributed by atoms with Crippen LogP contribution in [0.25, 0.3) is 0 Å². The van der Waals surface area contributed by atoms with Crippen LogP contribution < -0.4 is 5.32 Å². The molecule has 96 valence electrons. The first-order chi connectivity index (χ1) is 8.47. The minimum absolute atomic E-state index is 0.201. The van der Waals surface area contributed by atoms with Crippen LogP contribution in [0.4, 0.5) is 18.9 Å². The summed E-state index contributed by atoms with van der Waals surface area (Å²) in [7, 11) is 0. The van der Waals surface area contributed by atoms with Crippen LogP contribution in [0, 0.1) is 17.5 Å². The molecule has 2 aromatic rings. The van der Waals surface area contributed by atoms with Crippen LogP contribution in [0.2, 0.25) is 0 Å². The Morgan fingerprint density at radius 2 is 1.67 bits per heavy atom. The number of nitrogens with one attached hydrogen (secondary N) is 1. The van der Waals surface area contributed by atoms with E-state index in [0.29, 0.717) is 6.54 Å². The van der Waals surface area contributed by atoms with E-state index in [1.807, 2.05) is 6.07 Å². The molecular formula is C11H6Br2F3NS. The average Bonchev–Trinajstić information content (AvgIpc) is 2.63. The smallest absolute Gasteiger partial charge is 0.194 e. The van der Waals surface area contributed by atoms with Crippen LogP contribution in [0.15, 0.2) is 26.5 Å². The Kier molecular flexibility index (Phi) is 4.34. The summed E-state index contributed by atoms with van der Waals surface area (Å²) in [6.45, 7) is 0.402. The Hall–Kier alpha value is -0.530. The molecule has 0 bridgehead atoms. The Morgan fingerprint density at radius 3 is 2.17 bits per heavy atom. The van der Waals surface area contributed by atoms with Gasteiger partial charge in [0, 0.05) is 33.7 Å². The minimum atomic E-state index is -1.46. The normalized spacial score (nSPS) is 10.7. The van der Waals surface area contributed by atoms with Crippen molar-refractivity contribution < 1.29 is 13.2 Å². The molecule has 0 spiro atoms. The zero-order valence-corrected chi connectivity index (χ0v) is 12.7. The first-order valence-electron chi connectivity index (χ1n) is 4.79. The van der Waals surface area contributed by atoms with Crippen LogP contribution in [0.1, 0.15) is 4.88 Å². The van der Waals surface area contributed by atoms with E-state index in [1.54, 1.807) is 0 Å². The Bertz CT molecular complexity index is 543. The molecule has 0 atom stereocenters. The number of halogens is 5. The molecule has 0 fully saturated rings. The maximum Gasteiger partial charge on any atom is 0.194 e. The number of anilines is 1. The summed E-state index contributed by atoms with van der Waals surface area (Å²) in [6.07, 6.45) is 0. The number of rotatable bonds is 3. The van der Waals surface area contributed by atoms with Crippen LogP contribution in [0.3, 0.4) is 0 Å². The molecule has 0 saturated carbocycles. The molecule has 1 nitrogen and oxygen atoms in total. The van der Waals surface area contributed by atoms with Gasteiger partial charge in [0.15, 0.2) is 17.5 Å². The lowest BCUT2D eigenvalue weighted by atomic mass is 10.3. The van der Waals surface area contributed by atoms with Gasteiger partial charge in [0.1, 0.15) is 0 Å². The maximum absolute atomic E-state index is 13.0. The van der Waals surface area contributed by atoms with E-state index in [0.717, 1.165) is 25.3 Å². The fourth-order valence-corrected chi connectivity index (χ4v) is 3.44. The highest BCUT2D eigenvalue weighted by atomic mass is 79.9. The van der Waals surface area contributed by atoms with Crippen molar-refractivity contribution in [1.29, 1.82) is 0 Å². The van der Waals surface area contributed by atoms with Crippen molar-refractivity contribution in [2.75, 3.05) is 5.32 Å². The van der Waals surface area contributed by atoms with Gasteiger partial charge in [-0.2, -0.15) is 0 Å². The van der Waals surface area contributed by atoms with Crippen molar-refractivity contribution in [3.8, 4) is 0 Å². The van der Waals surface area contributed by atoms with Gasteiger partial charge >= 0.3 is 0 Å². The lowest BCUT2D eigenvalue weighted by Gasteiger charge is -2.05. The van der Waals surface area contributed by atoms with E-state index in [2.05, 4.69) is 37.2 Å². The summed E-state index contributed by atoms with van der Waals surface area (Å²) in [5, 5.41) is 2.83. The zero-order valence-electron chi connectivity index (χ0n) is 8.74.